The third kappa shape index (κ3) is 3.06. The van der Waals surface area contributed by atoms with E-state index in [0.29, 0.717) is 12.1 Å². The van der Waals surface area contributed by atoms with Crippen molar-refractivity contribution in [3.05, 3.63) is 24.3 Å². The van der Waals surface area contributed by atoms with E-state index in [4.69, 9.17) is 4.42 Å². The monoisotopic (exact) mass is 316 g/mol. The summed E-state index contributed by atoms with van der Waals surface area (Å²) in [4.78, 5) is 6.74. The molecule has 3 N–H and O–H groups in total. The van der Waals surface area contributed by atoms with Crippen molar-refractivity contribution in [3.8, 4) is 0 Å². The summed E-state index contributed by atoms with van der Waals surface area (Å²) in [7, 11) is 0. The Morgan fingerprint density at radius 3 is 3.04 bits per heavy atom. The minimum Gasteiger partial charge on any atom is -0.423 e. The van der Waals surface area contributed by atoms with E-state index in [-0.39, 0.29) is 6.04 Å². The van der Waals surface area contributed by atoms with Crippen LogP contribution in [0.25, 0.3) is 11.1 Å². The second kappa shape index (κ2) is 6.47. The molecular formula is C17H24N4O2. The molecule has 0 saturated carbocycles. The van der Waals surface area contributed by atoms with Crippen LogP contribution < -0.4 is 15.5 Å². The van der Waals surface area contributed by atoms with Crippen LogP contribution in [0.1, 0.15) is 25.7 Å². The van der Waals surface area contributed by atoms with Gasteiger partial charge in [-0.2, -0.15) is 4.98 Å². The van der Waals surface area contributed by atoms with Gasteiger partial charge >= 0.3 is 0 Å². The van der Waals surface area contributed by atoms with Gasteiger partial charge in [-0.05, 0) is 44.4 Å². The maximum absolute atomic E-state index is 10.7. The van der Waals surface area contributed by atoms with E-state index >= 15 is 0 Å². The molecule has 6 nitrogen and oxygen atoms in total. The standard InChI is InChI=1S/C17H24N4O2/c22-16(19-12-8-9-18-11-12)14-6-3-4-10-21(14)17-20-13-5-1-2-7-15(13)23-17/h1-2,5,7,12,14,16,18-19,22H,3-4,6,8-11H2/t12-,14-,16?/m0/s1. The van der Waals surface area contributed by atoms with Gasteiger partial charge in [0.1, 0.15) is 11.7 Å². The molecule has 3 atom stereocenters. The Morgan fingerprint density at radius 1 is 1.30 bits per heavy atom. The lowest BCUT2D eigenvalue weighted by Crippen LogP contribution is -2.55. The van der Waals surface area contributed by atoms with Crippen LogP contribution in [0.2, 0.25) is 0 Å². The molecular weight excluding hydrogens is 292 g/mol. The highest BCUT2D eigenvalue weighted by atomic mass is 16.4. The Bertz CT molecular complexity index is 620. The van der Waals surface area contributed by atoms with Gasteiger partial charge in [0, 0.05) is 19.1 Å². The van der Waals surface area contributed by atoms with Gasteiger partial charge in [0.05, 0.1) is 6.04 Å². The molecule has 2 aliphatic heterocycles. The van der Waals surface area contributed by atoms with Crippen molar-refractivity contribution in [2.75, 3.05) is 24.5 Å². The molecule has 6 heteroatoms. The number of aliphatic hydroxyl groups is 1. The number of anilines is 1. The van der Waals surface area contributed by atoms with Gasteiger partial charge < -0.3 is 19.7 Å². The fraction of sp³-hybridized carbons (Fsp3) is 0.588. The molecule has 0 radical (unpaired) electrons. The minimum atomic E-state index is -0.560. The highest BCUT2D eigenvalue weighted by Gasteiger charge is 2.33. The van der Waals surface area contributed by atoms with Gasteiger partial charge in [-0.3, -0.25) is 5.32 Å². The summed E-state index contributed by atoms with van der Waals surface area (Å²) in [6.45, 7) is 2.82. The van der Waals surface area contributed by atoms with E-state index in [1.54, 1.807) is 0 Å². The Labute approximate surface area is 135 Å². The van der Waals surface area contributed by atoms with Gasteiger partial charge in [-0.15, -0.1) is 0 Å². The maximum atomic E-state index is 10.7. The minimum absolute atomic E-state index is 0.0115. The molecule has 1 aromatic heterocycles. The molecule has 4 rings (SSSR count). The van der Waals surface area contributed by atoms with E-state index in [9.17, 15) is 5.11 Å². The van der Waals surface area contributed by atoms with E-state index in [1.165, 1.54) is 0 Å². The molecule has 2 aliphatic rings. The van der Waals surface area contributed by atoms with Crippen molar-refractivity contribution in [1.29, 1.82) is 0 Å². The molecule has 0 amide bonds. The maximum Gasteiger partial charge on any atom is 0.298 e. The number of piperidine rings is 1. The van der Waals surface area contributed by atoms with Gasteiger partial charge in [0.2, 0.25) is 0 Å². The number of benzene rings is 1. The van der Waals surface area contributed by atoms with Crippen molar-refractivity contribution in [1.82, 2.24) is 15.6 Å². The highest BCUT2D eigenvalue weighted by Crippen LogP contribution is 2.28. The second-order valence-corrected chi connectivity index (χ2v) is 6.52. The number of aromatic nitrogens is 1. The topological polar surface area (TPSA) is 73.6 Å². The van der Waals surface area contributed by atoms with E-state index in [1.807, 2.05) is 24.3 Å². The molecule has 1 aromatic carbocycles. The smallest absolute Gasteiger partial charge is 0.298 e. The summed E-state index contributed by atoms with van der Waals surface area (Å²) in [5, 5.41) is 17.4. The quantitative estimate of drug-likeness (QED) is 0.742. The first kappa shape index (κ1) is 14.9. The SMILES string of the molecule is OC(N[C@H]1CCNC1)[C@@H]1CCCCN1c1nc2ccccc2o1. The zero-order valence-electron chi connectivity index (χ0n) is 13.2. The van der Waals surface area contributed by atoms with Crippen molar-refractivity contribution >= 4 is 17.1 Å². The van der Waals surface area contributed by atoms with E-state index < -0.39 is 6.23 Å². The first-order valence-electron chi connectivity index (χ1n) is 8.58. The fourth-order valence-corrected chi connectivity index (χ4v) is 3.66. The van der Waals surface area contributed by atoms with Crippen LogP contribution in [-0.4, -0.2) is 48.0 Å². The van der Waals surface area contributed by atoms with Gasteiger partial charge in [-0.25, -0.2) is 0 Å². The number of hydrogen-bond donors (Lipinski definition) is 3. The first-order chi connectivity index (χ1) is 11.3. The fourth-order valence-electron chi connectivity index (χ4n) is 3.66. The summed E-state index contributed by atoms with van der Waals surface area (Å²) in [5.41, 5.74) is 1.67. The van der Waals surface area contributed by atoms with Crippen molar-refractivity contribution in [2.45, 2.75) is 44.0 Å². The lowest BCUT2D eigenvalue weighted by Gasteiger charge is -2.38. The summed E-state index contributed by atoms with van der Waals surface area (Å²) in [5.74, 6) is 0. The van der Waals surface area contributed by atoms with Crippen LogP contribution in [0, 0.1) is 0 Å². The number of hydrogen-bond acceptors (Lipinski definition) is 6. The molecule has 2 fully saturated rings. The molecule has 2 aromatic rings. The number of aliphatic hydroxyl groups excluding tert-OH is 1. The Morgan fingerprint density at radius 2 is 2.22 bits per heavy atom. The normalized spacial score (nSPS) is 26.7. The van der Waals surface area contributed by atoms with Crippen molar-refractivity contribution in [3.63, 3.8) is 0 Å². The van der Waals surface area contributed by atoms with Crippen LogP contribution in [0.5, 0.6) is 0 Å². The predicted octanol–water partition coefficient (Wildman–Crippen LogP) is 1.46. The summed E-state index contributed by atoms with van der Waals surface area (Å²) < 4.78 is 5.92. The lowest BCUT2D eigenvalue weighted by molar-refractivity contribution is 0.0828. The van der Waals surface area contributed by atoms with Gasteiger partial charge in [0.25, 0.3) is 6.01 Å². The number of oxazole rings is 1. The molecule has 0 aliphatic carbocycles. The van der Waals surface area contributed by atoms with Gasteiger partial charge in [0.15, 0.2) is 5.58 Å². The van der Waals surface area contributed by atoms with Crippen molar-refractivity contribution < 1.29 is 9.52 Å². The third-order valence-electron chi connectivity index (χ3n) is 4.91. The molecule has 0 bridgehead atoms. The number of para-hydroxylation sites is 2. The summed E-state index contributed by atoms with van der Waals surface area (Å²) in [6.07, 6.45) is 3.69. The number of nitrogens with zero attached hydrogens (tertiary/aromatic N) is 2. The molecule has 2 saturated heterocycles. The summed E-state index contributed by atoms with van der Waals surface area (Å²) >= 11 is 0. The van der Waals surface area contributed by atoms with Crippen LogP contribution in [0.3, 0.4) is 0 Å². The number of rotatable bonds is 4. The Kier molecular flexibility index (Phi) is 4.20. The number of nitrogens with one attached hydrogen (secondary N) is 2. The lowest BCUT2D eigenvalue weighted by atomic mass is 10.0. The van der Waals surface area contributed by atoms with E-state index in [0.717, 1.165) is 56.4 Å². The average molecular weight is 316 g/mol. The molecule has 23 heavy (non-hydrogen) atoms. The van der Waals surface area contributed by atoms with E-state index in [2.05, 4.69) is 20.5 Å². The zero-order valence-corrected chi connectivity index (χ0v) is 13.2. The molecule has 124 valence electrons. The molecule has 1 unspecified atom stereocenters. The number of fused-ring (bicyclic) bond motifs is 1. The third-order valence-corrected chi connectivity index (χ3v) is 4.91. The summed E-state index contributed by atoms with van der Waals surface area (Å²) in [6, 6.07) is 8.79. The average Bonchev–Trinajstić information content (AvgIpc) is 3.23. The van der Waals surface area contributed by atoms with Gasteiger partial charge in [-0.1, -0.05) is 12.1 Å². The Balaban J connectivity index is 1.54. The second-order valence-electron chi connectivity index (χ2n) is 6.52. The van der Waals surface area contributed by atoms with Crippen LogP contribution >= 0.6 is 0 Å². The first-order valence-corrected chi connectivity index (χ1v) is 8.58. The zero-order chi connectivity index (χ0) is 15.6. The largest absolute Gasteiger partial charge is 0.423 e. The predicted molar refractivity (Wildman–Crippen MR) is 89.4 cm³/mol. The van der Waals surface area contributed by atoms with Crippen LogP contribution in [0.4, 0.5) is 6.01 Å². The molecule has 3 heterocycles. The van der Waals surface area contributed by atoms with Crippen LogP contribution in [0.15, 0.2) is 28.7 Å². The Hall–Kier alpha value is -1.63. The molecule has 0 spiro atoms. The highest BCUT2D eigenvalue weighted by molar-refractivity contribution is 5.74. The van der Waals surface area contributed by atoms with Crippen LogP contribution in [-0.2, 0) is 0 Å². The van der Waals surface area contributed by atoms with Crippen molar-refractivity contribution in [2.24, 2.45) is 0 Å².